The van der Waals surface area contributed by atoms with Gasteiger partial charge >= 0.3 is 0 Å². The Hall–Kier alpha value is -3.15. The predicted molar refractivity (Wildman–Crippen MR) is 80.3 cm³/mol. The summed E-state index contributed by atoms with van der Waals surface area (Å²) in [6, 6.07) is 13.1. The van der Waals surface area contributed by atoms with Crippen LogP contribution in [0.15, 0.2) is 53.9 Å². The van der Waals surface area contributed by atoms with Crippen molar-refractivity contribution in [2.75, 3.05) is 6.79 Å². The van der Waals surface area contributed by atoms with E-state index in [2.05, 4.69) is 15.1 Å². The second-order valence-electron chi connectivity index (χ2n) is 4.63. The Kier molecular flexibility index (Phi) is 3.05. The maximum atomic E-state index is 5.39. The molecule has 4 rings (SSSR count). The number of aromatic nitrogens is 2. The maximum absolute atomic E-state index is 5.39. The molecule has 0 unspecified atom stereocenters. The molecule has 0 radical (unpaired) electrons. The van der Waals surface area contributed by atoms with E-state index < -0.39 is 0 Å². The number of fused-ring (bicyclic) bond motifs is 2. The first-order valence-corrected chi connectivity index (χ1v) is 6.70. The summed E-state index contributed by atoms with van der Waals surface area (Å²) in [5.41, 5.74) is 1.66. The lowest BCUT2D eigenvalue weighted by molar-refractivity contribution is 0.174. The van der Waals surface area contributed by atoms with Crippen LogP contribution in [0.5, 0.6) is 17.4 Å². The molecule has 0 saturated heterocycles. The standard InChI is InChI=1S/C16H11N3O3/c1-2-4-13-12(3-1)16(18-9-17-13)22-19-8-11-5-6-14-15(7-11)21-10-20-14/h1-9H,10H2/b19-8+. The maximum Gasteiger partial charge on any atom is 0.259 e. The lowest BCUT2D eigenvalue weighted by Gasteiger charge is -2.01. The summed E-state index contributed by atoms with van der Waals surface area (Å²) in [6.45, 7) is 0.249. The molecule has 0 fully saturated rings. The minimum atomic E-state index is 0.249. The van der Waals surface area contributed by atoms with Crippen molar-refractivity contribution < 1.29 is 14.3 Å². The molecule has 0 aliphatic carbocycles. The fraction of sp³-hybridized carbons (Fsp3) is 0.0625. The summed E-state index contributed by atoms with van der Waals surface area (Å²) in [5, 5.41) is 4.79. The van der Waals surface area contributed by atoms with Crippen molar-refractivity contribution in [2.45, 2.75) is 0 Å². The average molecular weight is 293 g/mol. The van der Waals surface area contributed by atoms with E-state index in [4.69, 9.17) is 14.3 Å². The van der Waals surface area contributed by atoms with Crippen molar-refractivity contribution in [3.63, 3.8) is 0 Å². The summed E-state index contributed by atoms with van der Waals surface area (Å²) in [6.07, 6.45) is 3.05. The Morgan fingerprint density at radius 2 is 1.95 bits per heavy atom. The van der Waals surface area contributed by atoms with Gasteiger partial charge in [-0.15, -0.1) is 0 Å². The first-order valence-electron chi connectivity index (χ1n) is 6.70. The van der Waals surface area contributed by atoms with Crippen molar-refractivity contribution in [3.8, 4) is 17.4 Å². The summed E-state index contributed by atoms with van der Waals surface area (Å²) < 4.78 is 10.6. The summed E-state index contributed by atoms with van der Waals surface area (Å²) in [7, 11) is 0. The van der Waals surface area contributed by atoms with Gasteiger partial charge in [0.1, 0.15) is 6.33 Å². The summed E-state index contributed by atoms with van der Waals surface area (Å²) >= 11 is 0. The zero-order chi connectivity index (χ0) is 14.8. The third-order valence-electron chi connectivity index (χ3n) is 3.24. The highest BCUT2D eigenvalue weighted by atomic mass is 16.7. The van der Waals surface area contributed by atoms with E-state index in [1.54, 1.807) is 6.21 Å². The number of oxime groups is 1. The van der Waals surface area contributed by atoms with Crippen LogP contribution < -0.4 is 14.3 Å². The lowest BCUT2D eigenvalue weighted by Crippen LogP contribution is -1.93. The molecule has 2 aromatic carbocycles. The Morgan fingerprint density at radius 3 is 2.95 bits per heavy atom. The van der Waals surface area contributed by atoms with E-state index in [1.165, 1.54) is 6.33 Å². The van der Waals surface area contributed by atoms with E-state index in [-0.39, 0.29) is 6.79 Å². The smallest absolute Gasteiger partial charge is 0.259 e. The predicted octanol–water partition coefficient (Wildman–Crippen LogP) is 2.77. The van der Waals surface area contributed by atoms with Gasteiger partial charge < -0.3 is 14.3 Å². The topological polar surface area (TPSA) is 65.8 Å². The number of rotatable bonds is 3. The van der Waals surface area contributed by atoms with Gasteiger partial charge in [0.2, 0.25) is 6.79 Å². The molecule has 6 heteroatoms. The zero-order valence-corrected chi connectivity index (χ0v) is 11.5. The Bertz CT molecular complexity index is 859. The molecule has 6 nitrogen and oxygen atoms in total. The fourth-order valence-electron chi connectivity index (χ4n) is 2.18. The van der Waals surface area contributed by atoms with Crippen molar-refractivity contribution in [1.82, 2.24) is 9.97 Å². The Balaban J connectivity index is 1.56. The number of para-hydroxylation sites is 1. The van der Waals surface area contributed by atoms with Gasteiger partial charge in [-0.3, -0.25) is 0 Å². The molecule has 0 spiro atoms. The molecule has 2 heterocycles. The normalized spacial score (nSPS) is 12.9. The number of benzene rings is 2. The third-order valence-corrected chi connectivity index (χ3v) is 3.24. The lowest BCUT2D eigenvalue weighted by atomic mass is 10.2. The molecule has 0 N–H and O–H groups in total. The molecule has 1 aliphatic rings. The second kappa shape index (κ2) is 5.33. The third kappa shape index (κ3) is 2.31. The van der Waals surface area contributed by atoms with E-state index in [0.29, 0.717) is 11.6 Å². The quantitative estimate of drug-likeness (QED) is 0.549. The summed E-state index contributed by atoms with van der Waals surface area (Å²) in [4.78, 5) is 13.7. The van der Waals surface area contributed by atoms with E-state index in [0.717, 1.165) is 22.2 Å². The van der Waals surface area contributed by atoms with E-state index >= 15 is 0 Å². The van der Waals surface area contributed by atoms with Crippen LogP contribution in [0.3, 0.4) is 0 Å². The molecule has 1 aliphatic heterocycles. The highest BCUT2D eigenvalue weighted by Crippen LogP contribution is 2.32. The fourth-order valence-corrected chi connectivity index (χ4v) is 2.18. The largest absolute Gasteiger partial charge is 0.454 e. The van der Waals surface area contributed by atoms with E-state index in [9.17, 15) is 0 Å². The molecule has 0 amide bonds. The summed E-state index contributed by atoms with van der Waals surface area (Å²) in [5.74, 6) is 1.86. The van der Waals surface area contributed by atoms with Crippen molar-refractivity contribution in [1.29, 1.82) is 0 Å². The van der Waals surface area contributed by atoms with Gasteiger partial charge in [0.05, 0.1) is 17.1 Å². The van der Waals surface area contributed by atoms with Crippen LogP contribution in [0.4, 0.5) is 0 Å². The number of ether oxygens (including phenoxy) is 2. The molecule has 22 heavy (non-hydrogen) atoms. The molecule has 1 aromatic heterocycles. The van der Waals surface area contributed by atoms with Crippen LogP contribution in [-0.2, 0) is 0 Å². The first kappa shape index (κ1) is 12.6. The van der Waals surface area contributed by atoms with Gasteiger partial charge in [0.15, 0.2) is 11.5 Å². The minimum absolute atomic E-state index is 0.249. The van der Waals surface area contributed by atoms with Crippen LogP contribution in [0.25, 0.3) is 10.9 Å². The van der Waals surface area contributed by atoms with Crippen LogP contribution >= 0.6 is 0 Å². The minimum Gasteiger partial charge on any atom is -0.454 e. The van der Waals surface area contributed by atoms with Gasteiger partial charge in [-0.05, 0) is 30.3 Å². The van der Waals surface area contributed by atoms with Gasteiger partial charge in [-0.2, -0.15) is 4.98 Å². The van der Waals surface area contributed by atoms with Gasteiger partial charge in [0, 0.05) is 5.56 Å². The molecular weight excluding hydrogens is 282 g/mol. The van der Waals surface area contributed by atoms with Crippen LogP contribution in [-0.4, -0.2) is 23.0 Å². The SMILES string of the molecule is C(=N\Oc1ncnc2ccccc12)/c1ccc2c(c1)OCO2. The zero-order valence-electron chi connectivity index (χ0n) is 11.5. The monoisotopic (exact) mass is 293 g/mol. The average Bonchev–Trinajstić information content (AvgIpc) is 3.03. The molecule has 3 aromatic rings. The van der Waals surface area contributed by atoms with Gasteiger partial charge in [-0.1, -0.05) is 17.3 Å². The second-order valence-corrected chi connectivity index (χ2v) is 4.63. The Morgan fingerprint density at radius 1 is 1.05 bits per heavy atom. The highest BCUT2D eigenvalue weighted by molar-refractivity contribution is 5.83. The van der Waals surface area contributed by atoms with Gasteiger partial charge in [0.25, 0.3) is 5.88 Å². The molecule has 108 valence electrons. The number of hydrogen-bond donors (Lipinski definition) is 0. The van der Waals surface area contributed by atoms with Crippen molar-refractivity contribution >= 4 is 17.1 Å². The number of nitrogens with zero attached hydrogens (tertiary/aromatic N) is 3. The highest BCUT2D eigenvalue weighted by Gasteiger charge is 2.12. The number of hydrogen-bond acceptors (Lipinski definition) is 6. The molecule has 0 saturated carbocycles. The van der Waals surface area contributed by atoms with Crippen LogP contribution in [0.1, 0.15) is 5.56 Å². The first-order chi connectivity index (χ1) is 10.9. The van der Waals surface area contributed by atoms with Gasteiger partial charge in [-0.25, -0.2) is 4.98 Å². The molecule has 0 bridgehead atoms. The Labute approximate surface area is 126 Å². The van der Waals surface area contributed by atoms with E-state index in [1.807, 2.05) is 42.5 Å². The van der Waals surface area contributed by atoms with Crippen molar-refractivity contribution in [2.24, 2.45) is 5.16 Å². The molecule has 0 atom stereocenters. The van der Waals surface area contributed by atoms with Crippen LogP contribution in [0.2, 0.25) is 0 Å². The van der Waals surface area contributed by atoms with Crippen molar-refractivity contribution in [3.05, 3.63) is 54.4 Å². The van der Waals surface area contributed by atoms with Crippen LogP contribution in [0, 0.1) is 0 Å². The molecular formula is C16H11N3O3.